The number of hydrogen-bond acceptors (Lipinski definition) is 8. The van der Waals surface area contributed by atoms with Gasteiger partial charge in [-0.3, -0.25) is 20.4 Å². The number of carbonyl (C=O) groups excluding carboxylic acids is 2. The number of nitrogens with one attached hydrogen (secondary N) is 3. The van der Waals surface area contributed by atoms with E-state index < -0.39 is 24.0 Å². The smallest absolute Gasteiger partial charge is 0.412 e. The van der Waals surface area contributed by atoms with Crippen LogP contribution in [0.25, 0.3) is 10.8 Å². The van der Waals surface area contributed by atoms with Gasteiger partial charge in [-0.15, -0.1) is 0 Å². The molecule has 3 aromatic rings. The molecule has 0 bridgehead atoms. The molecule has 0 unspecified atom stereocenters. The van der Waals surface area contributed by atoms with Crippen LogP contribution in [0.3, 0.4) is 0 Å². The van der Waals surface area contributed by atoms with E-state index in [0.717, 1.165) is 10.8 Å². The van der Waals surface area contributed by atoms with Gasteiger partial charge >= 0.3 is 6.09 Å². The molecule has 0 fully saturated rings. The monoisotopic (exact) mass is 627 g/mol. The number of pyridine rings is 1. The van der Waals surface area contributed by atoms with Gasteiger partial charge in [-0.25, -0.2) is 14.2 Å². The summed E-state index contributed by atoms with van der Waals surface area (Å²) in [6.07, 6.45) is 3.70. The van der Waals surface area contributed by atoms with Gasteiger partial charge in [0.05, 0.1) is 30.3 Å². The Hall–Kier alpha value is -4.51. The van der Waals surface area contributed by atoms with Gasteiger partial charge in [0.25, 0.3) is 0 Å². The van der Waals surface area contributed by atoms with Gasteiger partial charge in [0.1, 0.15) is 18.2 Å². The maximum Gasteiger partial charge on any atom is 0.412 e. The summed E-state index contributed by atoms with van der Waals surface area (Å²) in [5, 5.41) is 37.0. The van der Waals surface area contributed by atoms with E-state index in [1.54, 1.807) is 31.6 Å². The highest BCUT2D eigenvalue weighted by atomic mass is 35.5. The van der Waals surface area contributed by atoms with E-state index in [4.69, 9.17) is 21.6 Å². The number of likely N-dealkylation sites (N-methyl/N-ethyl adjacent to an activating group) is 1. The third kappa shape index (κ3) is 10.3. The van der Waals surface area contributed by atoms with Crippen molar-refractivity contribution in [3.05, 3.63) is 71.1 Å². The van der Waals surface area contributed by atoms with Crippen LogP contribution in [0.2, 0.25) is 5.02 Å². The molecule has 12 nitrogen and oxygen atoms in total. The number of carbonyl (C=O) groups is 2. The number of aromatic nitrogens is 1. The van der Waals surface area contributed by atoms with Crippen molar-refractivity contribution < 1.29 is 28.9 Å². The minimum Gasteiger partial charge on any atom is -0.447 e. The first-order valence-corrected chi connectivity index (χ1v) is 14.3. The third-order valence-electron chi connectivity index (χ3n) is 6.77. The van der Waals surface area contributed by atoms with Crippen molar-refractivity contribution in [2.24, 2.45) is 4.99 Å². The summed E-state index contributed by atoms with van der Waals surface area (Å²) in [7, 11) is 1.59. The van der Waals surface area contributed by atoms with Crippen LogP contribution in [0.1, 0.15) is 24.8 Å². The van der Waals surface area contributed by atoms with Crippen molar-refractivity contribution in [3.63, 3.8) is 0 Å². The molecule has 0 aliphatic carbocycles. The second kappa shape index (κ2) is 17.6. The van der Waals surface area contributed by atoms with E-state index in [-0.39, 0.29) is 56.1 Å². The Morgan fingerprint density at radius 1 is 1.18 bits per heavy atom. The minimum atomic E-state index is -0.744. The van der Waals surface area contributed by atoms with Crippen LogP contribution in [0.15, 0.2) is 59.7 Å². The zero-order valence-corrected chi connectivity index (χ0v) is 24.9. The molecule has 14 heteroatoms. The number of nitrogens with zero attached hydrogens (tertiary/aromatic N) is 4. The van der Waals surface area contributed by atoms with Crippen LogP contribution in [0.5, 0.6) is 0 Å². The lowest BCUT2D eigenvalue weighted by atomic mass is 10.1. The summed E-state index contributed by atoms with van der Waals surface area (Å²) in [6.45, 7) is -0.658. The number of ether oxygens (including phenoxy) is 1. The van der Waals surface area contributed by atoms with E-state index in [1.165, 1.54) is 17.0 Å². The number of rotatable bonds is 14. The molecule has 1 atom stereocenters. The summed E-state index contributed by atoms with van der Waals surface area (Å²) in [5.41, 5.74) is 0.506. The molecule has 0 aliphatic rings. The van der Waals surface area contributed by atoms with E-state index in [1.807, 2.05) is 24.3 Å². The van der Waals surface area contributed by atoms with E-state index in [9.17, 15) is 24.2 Å². The number of anilines is 1. The Morgan fingerprint density at radius 3 is 2.66 bits per heavy atom. The average molecular weight is 628 g/mol. The second-order valence-electron chi connectivity index (χ2n) is 9.83. The van der Waals surface area contributed by atoms with Crippen molar-refractivity contribution in [3.8, 4) is 6.19 Å². The molecule has 5 N–H and O–H groups in total. The average Bonchev–Trinajstić information content (AvgIpc) is 3.03. The predicted octanol–water partition coefficient (Wildman–Crippen LogP) is 3.19. The second-order valence-corrected chi connectivity index (χ2v) is 10.2. The van der Waals surface area contributed by atoms with Crippen molar-refractivity contribution in [2.45, 2.75) is 37.8 Å². The summed E-state index contributed by atoms with van der Waals surface area (Å²) in [4.78, 5) is 35.7. The lowest BCUT2D eigenvalue weighted by Crippen LogP contribution is -2.45. The van der Waals surface area contributed by atoms with Gasteiger partial charge in [0, 0.05) is 31.6 Å². The topological polar surface area (TPSA) is 172 Å². The van der Waals surface area contributed by atoms with Crippen molar-refractivity contribution in [1.29, 1.82) is 5.26 Å². The molecule has 2 amide bonds. The summed E-state index contributed by atoms with van der Waals surface area (Å²) in [5.74, 6) is -0.439. The Bertz CT molecular complexity index is 1480. The van der Waals surface area contributed by atoms with Crippen LogP contribution >= 0.6 is 11.6 Å². The molecule has 0 saturated carbocycles. The number of aliphatic hydroxyl groups excluding tert-OH is 2. The third-order valence-corrected chi connectivity index (χ3v) is 7.19. The molecule has 1 aromatic heterocycles. The molecular weight excluding hydrogens is 593 g/mol. The fraction of sp³-hybridized carbons (Fsp3) is 0.367. The van der Waals surface area contributed by atoms with Gasteiger partial charge in [-0.05, 0) is 42.3 Å². The van der Waals surface area contributed by atoms with Crippen molar-refractivity contribution in [1.82, 2.24) is 20.5 Å². The number of guanidine groups is 1. The lowest BCUT2D eigenvalue weighted by molar-refractivity contribution is -0.132. The fourth-order valence-electron chi connectivity index (χ4n) is 4.25. The first-order chi connectivity index (χ1) is 21.2. The standard InChI is InChI=1S/C30H35ClFN7O5/c1-39(27(42)12-11-20-8-4-10-25(32)28(20)31)24(9-5-13-34-29(36-19-33)37-23(16-40)17-41)18-44-30(43)38-26-14-21-6-2-3-7-22(21)15-35-26/h2-4,6-8,10,14-15,23-24,40-41H,5,9,11-13,16-18H2,1H3,(H2,34,36,37)(H,35,38,43)/t24-/m0/s1. The van der Waals surface area contributed by atoms with E-state index in [0.29, 0.717) is 24.2 Å². The summed E-state index contributed by atoms with van der Waals surface area (Å²) >= 11 is 6.04. The van der Waals surface area contributed by atoms with Gasteiger partial charge in [-0.2, -0.15) is 5.26 Å². The number of amides is 2. The number of hydrogen-bond donors (Lipinski definition) is 5. The SMILES string of the molecule is CN(C(=O)CCc1cccc(F)c1Cl)[C@@H](CCCN=C(NC#N)NC(CO)CO)COC(=O)Nc1cc2ccccc2cn1. The number of nitriles is 1. The molecule has 1 heterocycles. The van der Waals surface area contributed by atoms with Crippen LogP contribution in [0, 0.1) is 17.3 Å². The minimum absolute atomic E-state index is 0.0281. The normalized spacial score (nSPS) is 12.0. The number of aliphatic hydroxyl groups is 2. The number of benzene rings is 2. The first kappa shape index (κ1) is 34.0. The summed E-state index contributed by atoms with van der Waals surface area (Å²) < 4.78 is 19.3. The molecule has 2 aromatic carbocycles. The van der Waals surface area contributed by atoms with E-state index >= 15 is 0 Å². The maximum atomic E-state index is 13.8. The molecule has 234 valence electrons. The summed E-state index contributed by atoms with van der Waals surface area (Å²) in [6, 6.07) is 12.5. The quantitative estimate of drug-likeness (QED) is 0.0591. The van der Waals surface area contributed by atoms with Gasteiger partial charge < -0.3 is 25.2 Å². The number of aliphatic imine (C=N–C) groups is 1. The number of fused-ring (bicyclic) bond motifs is 1. The molecule has 44 heavy (non-hydrogen) atoms. The Kier molecular flexibility index (Phi) is 13.6. The van der Waals surface area contributed by atoms with Crippen molar-refractivity contribution >= 4 is 46.2 Å². The highest BCUT2D eigenvalue weighted by molar-refractivity contribution is 6.31. The van der Waals surface area contributed by atoms with Gasteiger partial charge in [0.15, 0.2) is 6.19 Å². The highest BCUT2D eigenvalue weighted by Gasteiger charge is 2.22. The Balaban J connectivity index is 1.64. The Labute approximate surface area is 259 Å². The van der Waals surface area contributed by atoms with Crippen LogP contribution in [-0.2, 0) is 16.0 Å². The molecule has 0 saturated heterocycles. The predicted molar refractivity (Wildman–Crippen MR) is 164 cm³/mol. The van der Waals surface area contributed by atoms with Crippen molar-refractivity contribution in [2.75, 3.05) is 38.7 Å². The number of halogens is 2. The maximum absolute atomic E-state index is 13.8. The lowest BCUT2D eigenvalue weighted by Gasteiger charge is -2.28. The largest absolute Gasteiger partial charge is 0.447 e. The first-order valence-electron chi connectivity index (χ1n) is 13.9. The molecule has 0 aliphatic heterocycles. The number of aryl methyl sites for hydroxylation is 1. The fourth-order valence-corrected chi connectivity index (χ4v) is 4.47. The molecule has 3 rings (SSSR count). The highest BCUT2D eigenvalue weighted by Crippen LogP contribution is 2.22. The zero-order chi connectivity index (χ0) is 31.9. The van der Waals surface area contributed by atoms with E-state index in [2.05, 4.69) is 25.9 Å². The zero-order valence-electron chi connectivity index (χ0n) is 24.2. The van der Waals surface area contributed by atoms with Gasteiger partial charge in [-0.1, -0.05) is 48.0 Å². The van der Waals surface area contributed by atoms with Crippen LogP contribution in [0.4, 0.5) is 15.0 Å². The molecule has 0 radical (unpaired) electrons. The van der Waals surface area contributed by atoms with Crippen LogP contribution in [-0.4, -0.2) is 83.6 Å². The Morgan fingerprint density at radius 2 is 1.93 bits per heavy atom. The molecule has 0 spiro atoms. The molecular formula is C30H35ClFN7O5. The van der Waals surface area contributed by atoms with Crippen LogP contribution < -0.4 is 16.0 Å². The van der Waals surface area contributed by atoms with Gasteiger partial charge in [0.2, 0.25) is 11.9 Å².